The minimum absolute atomic E-state index is 0. The Hall–Kier alpha value is -1.19. The van der Waals surface area contributed by atoms with E-state index in [9.17, 15) is 0 Å². The Morgan fingerprint density at radius 1 is 0.870 bits per heavy atom. The minimum Gasteiger partial charge on any atom is -0.494 e. The van der Waals surface area contributed by atoms with Crippen LogP contribution < -0.4 is 17.0 Å². The van der Waals surface area contributed by atoms with Gasteiger partial charge in [-0.2, -0.15) is 8.42 Å². The van der Waals surface area contributed by atoms with Gasteiger partial charge in [0.05, 0.1) is 6.61 Å². The molecule has 0 aliphatic carbocycles. The highest BCUT2D eigenvalue weighted by Gasteiger charge is 1.93. The summed E-state index contributed by atoms with van der Waals surface area (Å²) in [4.78, 5) is 0. The Kier molecular flexibility index (Phi) is 19.9. The molecule has 0 amide bonds. The van der Waals surface area contributed by atoms with Crippen LogP contribution in [0.25, 0.3) is 0 Å². The van der Waals surface area contributed by atoms with Crippen LogP contribution in [0.15, 0.2) is 30.3 Å². The summed E-state index contributed by atoms with van der Waals surface area (Å²) in [6.07, 6.45) is 9.35. The van der Waals surface area contributed by atoms with Crippen molar-refractivity contribution < 1.29 is 22.3 Å². The number of unbranched alkanes of at least 4 members (excludes halogenated alkanes) is 6. The van der Waals surface area contributed by atoms with Crippen molar-refractivity contribution >= 4 is 10.4 Å². The second-order valence-electron chi connectivity index (χ2n) is 4.73. The summed E-state index contributed by atoms with van der Waals surface area (Å²) < 4.78 is 37.2. The fraction of sp³-hybridized carbons (Fsp3) is 0.600. The lowest BCUT2D eigenvalue weighted by molar-refractivity contribution is 0.304. The number of hydrogen-bond donors (Lipinski definition) is 4. The summed E-state index contributed by atoms with van der Waals surface area (Å²) in [6, 6.07) is 10.1. The normalized spacial score (nSPS) is 9.70. The topological polar surface area (TPSA) is 154 Å². The highest BCUT2D eigenvalue weighted by molar-refractivity contribution is 7.79. The predicted octanol–water partition coefficient (Wildman–Crippen LogP) is 4.49. The number of ether oxygens (including phenoxy) is 1. The van der Waals surface area contributed by atoms with Crippen molar-refractivity contribution in [3.63, 3.8) is 0 Å². The van der Waals surface area contributed by atoms with Gasteiger partial charge in [0.25, 0.3) is 0 Å². The summed E-state index contributed by atoms with van der Waals surface area (Å²) in [6.45, 7) is 3.12. The van der Waals surface area contributed by atoms with E-state index in [-0.39, 0.29) is 12.3 Å². The fourth-order valence-corrected chi connectivity index (χ4v) is 1.77. The first-order chi connectivity index (χ1) is 9.93. The van der Waals surface area contributed by atoms with Crippen LogP contribution in [-0.4, -0.2) is 24.1 Å². The Morgan fingerprint density at radius 2 is 1.30 bits per heavy atom. The maximum atomic E-state index is 8.74. The molecule has 0 aromatic heterocycles. The number of para-hydroxylation sites is 1. The summed E-state index contributed by atoms with van der Waals surface area (Å²) >= 11 is 0. The van der Waals surface area contributed by atoms with E-state index in [1.807, 2.05) is 30.3 Å². The van der Waals surface area contributed by atoms with Gasteiger partial charge in [0.1, 0.15) is 5.75 Å². The average molecular weight is 352 g/mol. The van der Waals surface area contributed by atoms with Gasteiger partial charge >= 0.3 is 10.4 Å². The third kappa shape index (κ3) is 26.1. The van der Waals surface area contributed by atoms with Crippen LogP contribution in [0.3, 0.4) is 0 Å². The summed E-state index contributed by atoms with van der Waals surface area (Å²) in [5.41, 5.74) is 0. The Labute approximate surface area is 140 Å². The summed E-state index contributed by atoms with van der Waals surface area (Å²) in [5, 5.41) is 0. The van der Waals surface area contributed by atoms with Gasteiger partial charge in [0.15, 0.2) is 0 Å². The van der Waals surface area contributed by atoms with Gasteiger partial charge in [-0.3, -0.25) is 9.11 Å². The number of hydrogen-bond acceptors (Lipinski definition) is 5. The van der Waals surface area contributed by atoms with Gasteiger partial charge in [-0.1, -0.05) is 63.6 Å². The molecule has 7 nitrogen and oxygen atoms in total. The molecule has 8 heteroatoms. The van der Waals surface area contributed by atoms with E-state index in [2.05, 4.69) is 6.92 Å². The van der Waals surface area contributed by atoms with Crippen molar-refractivity contribution in [2.45, 2.75) is 51.9 Å². The van der Waals surface area contributed by atoms with Crippen LogP contribution in [0, 0.1) is 0 Å². The highest BCUT2D eigenvalue weighted by Crippen LogP contribution is 2.10. The smallest absolute Gasteiger partial charge is 0.394 e. The molecular formula is C15H32N2O5S. The molecule has 138 valence electrons. The lowest BCUT2D eigenvalue weighted by Gasteiger charge is -2.05. The predicted molar refractivity (Wildman–Crippen MR) is 94.2 cm³/mol. The minimum atomic E-state index is -4.67. The van der Waals surface area contributed by atoms with Crippen molar-refractivity contribution in [3.8, 4) is 5.75 Å². The van der Waals surface area contributed by atoms with Crippen LogP contribution >= 0.6 is 0 Å². The first kappa shape index (κ1) is 26.7. The van der Waals surface area contributed by atoms with Gasteiger partial charge in [0.2, 0.25) is 0 Å². The SMILES string of the molecule is CCCCCCCCCOc1ccccc1.N.N.O=S(=O)(O)O. The van der Waals surface area contributed by atoms with Gasteiger partial charge in [-0.25, -0.2) is 0 Å². The van der Waals surface area contributed by atoms with Gasteiger partial charge < -0.3 is 17.0 Å². The summed E-state index contributed by atoms with van der Waals surface area (Å²) in [5.74, 6) is 0.994. The molecule has 23 heavy (non-hydrogen) atoms. The molecule has 1 aromatic carbocycles. The Morgan fingerprint density at radius 3 is 1.78 bits per heavy atom. The quantitative estimate of drug-likeness (QED) is 0.377. The van der Waals surface area contributed by atoms with E-state index in [0.717, 1.165) is 12.4 Å². The van der Waals surface area contributed by atoms with E-state index in [1.165, 1.54) is 44.9 Å². The number of benzene rings is 1. The van der Waals surface area contributed by atoms with Crippen molar-refractivity contribution in [2.24, 2.45) is 0 Å². The molecule has 0 bridgehead atoms. The molecule has 1 aromatic rings. The molecule has 0 unspecified atom stereocenters. The zero-order valence-electron chi connectivity index (χ0n) is 14.0. The molecule has 0 saturated heterocycles. The molecule has 0 radical (unpaired) electrons. The van der Waals surface area contributed by atoms with Crippen LogP contribution in [0.2, 0.25) is 0 Å². The lowest BCUT2D eigenvalue weighted by atomic mass is 10.1. The Balaban J connectivity index is -0.000000502. The van der Waals surface area contributed by atoms with Crippen LogP contribution in [-0.2, 0) is 10.4 Å². The Bertz CT molecular complexity index is 432. The van der Waals surface area contributed by atoms with Crippen LogP contribution in [0.1, 0.15) is 51.9 Å². The summed E-state index contributed by atoms with van der Waals surface area (Å²) in [7, 11) is -4.67. The maximum absolute atomic E-state index is 8.74. The largest absolute Gasteiger partial charge is 0.494 e. The molecule has 0 heterocycles. The van der Waals surface area contributed by atoms with E-state index in [1.54, 1.807) is 0 Å². The van der Waals surface area contributed by atoms with E-state index in [0.29, 0.717) is 0 Å². The van der Waals surface area contributed by atoms with Crippen molar-refractivity contribution in [1.29, 1.82) is 0 Å². The first-order valence-electron chi connectivity index (χ1n) is 7.31. The lowest BCUT2D eigenvalue weighted by Crippen LogP contribution is -1.96. The first-order valence-corrected chi connectivity index (χ1v) is 8.71. The van der Waals surface area contributed by atoms with Crippen LogP contribution in [0.5, 0.6) is 5.75 Å². The molecule has 0 spiro atoms. The zero-order valence-corrected chi connectivity index (χ0v) is 14.8. The van der Waals surface area contributed by atoms with E-state index in [4.69, 9.17) is 22.3 Å². The van der Waals surface area contributed by atoms with Crippen molar-refractivity contribution in [3.05, 3.63) is 30.3 Å². The molecule has 8 N–H and O–H groups in total. The van der Waals surface area contributed by atoms with E-state index < -0.39 is 10.4 Å². The third-order valence-corrected chi connectivity index (χ3v) is 2.76. The molecule has 1 rings (SSSR count). The maximum Gasteiger partial charge on any atom is 0.394 e. The van der Waals surface area contributed by atoms with Gasteiger partial charge in [0, 0.05) is 0 Å². The van der Waals surface area contributed by atoms with E-state index >= 15 is 0 Å². The molecular weight excluding hydrogens is 320 g/mol. The third-order valence-electron chi connectivity index (χ3n) is 2.76. The van der Waals surface area contributed by atoms with Crippen molar-refractivity contribution in [1.82, 2.24) is 12.3 Å². The monoisotopic (exact) mass is 352 g/mol. The molecule has 0 aliphatic rings. The number of rotatable bonds is 9. The molecule has 0 fully saturated rings. The highest BCUT2D eigenvalue weighted by atomic mass is 32.3. The standard InChI is InChI=1S/C15H24O.2H3N.H2O4S/c1-2-3-4-5-6-7-11-14-16-15-12-9-8-10-13-15;;;1-5(2,3)4/h8-10,12-13H,2-7,11,14H2,1H3;2*1H3;(H2,1,2,3,4). The van der Waals surface area contributed by atoms with Crippen LogP contribution in [0.4, 0.5) is 0 Å². The average Bonchev–Trinajstić information content (AvgIpc) is 2.41. The zero-order chi connectivity index (χ0) is 16.0. The molecule has 0 aliphatic heterocycles. The second kappa shape index (κ2) is 17.2. The molecule has 0 atom stereocenters. The van der Waals surface area contributed by atoms with Crippen molar-refractivity contribution in [2.75, 3.05) is 6.61 Å². The van der Waals surface area contributed by atoms with Gasteiger partial charge in [-0.05, 0) is 18.6 Å². The second-order valence-corrected chi connectivity index (χ2v) is 5.63. The fourth-order valence-electron chi connectivity index (χ4n) is 1.77. The van der Waals surface area contributed by atoms with Gasteiger partial charge in [-0.15, -0.1) is 0 Å². The molecule has 0 saturated carbocycles.